The third kappa shape index (κ3) is 3.17. The van der Waals surface area contributed by atoms with Crippen molar-refractivity contribution < 1.29 is 9.13 Å². The van der Waals surface area contributed by atoms with Crippen LogP contribution in [0.2, 0.25) is 0 Å². The number of hydrogen-bond acceptors (Lipinski definition) is 2. The van der Waals surface area contributed by atoms with E-state index in [-0.39, 0.29) is 17.6 Å². The van der Waals surface area contributed by atoms with Gasteiger partial charge in [-0.3, -0.25) is 0 Å². The van der Waals surface area contributed by atoms with E-state index < -0.39 is 0 Å². The Morgan fingerprint density at radius 1 is 1.15 bits per heavy atom. The van der Waals surface area contributed by atoms with Crippen molar-refractivity contribution in [2.75, 3.05) is 7.11 Å². The van der Waals surface area contributed by atoms with E-state index in [1.54, 1.807) is 18.2 Å². The summed E-state index contributed by atoms with van der Waals surface area (Å²) in [4.78, 5) is 0. The highest BCUT2D eigenvalue weighted by molar-refractivity contribution is 5.35. The third-order valence-corrected chi connectivity index (χ3v) is 3.38. The van der Waals surface area contributed by atoms with Crippen LogP contribution in [0.5, 0.6) is 5.75 Å². The minimum Gasteiger partial charge on any atom is -0.494 e. The van der Waals surface area contributed by atoms with Crippen molar-refractivity contribution in [2.45, 2.75) is 26.3 Å². The third-order valence-electron chi connectivity index (χ3n) is 3.38. The molecule has 2 rings (SSSR count). The maximum atomic E-state index is 14.1. The number of rotatable bonds is 4. The Bertz CT molecular complexity index is 590. The number of halogens is 1. The molecule has 0 saturated heterocycles. The van der Waals surface area contributed by atoms with E-state index in [1.807, 2.05) is 13.8 Å². The first kappa shape index (κ1) is 14.5. The fourth-order valence-electron chi connectivity index (χ4n) is 2.45. The Kier molecular flexibility index (Phi) is 4.40. The molecule has 0 aliphatic rings. The summed E-state index contributed by atoms with van der Waals surface area (Å²) in [7, 11) is 1.46. The monoisotopic (exact) mass is 273 g/mol. The predicted octanol–water partition coefficient (Wildman–Crippen LogP) is 3.69. The van der Waals surface area contributed by atoms with E-state index in [0.29, 0.717) is 12.0 Å². The van der Waals surface area contributed by atoms with Crippen molar-refractivity contribution in [3.63, 3.8) is 0 Å². The topological polar surface area (TPSA) is 35.2 Å². The molecular weight excluding hydrogens is 253 g/mol. The molecule has 0 bridgehead atoms. The molecule has 0 aliphatic carbocycles. The van der Waals surface area contributed by atoms with Crippen LogP contribution in [0.3, 0.4) is 0 Å². The second-order valence-electron chi connectivity index (χ2n) is 5.17. The van der Waals surface area contributed by atoms with Crippen molar-refractivity contribution >= 4 is 0 Å². The van der Waals surface area contributed by atoms with E-state index in [9.17, 15) is 4.39 Å². The summed E-state index contributed by atoms with van der Waals surface area (Å²) in [6, 6.07) is 11.1. The van der Waals surface area contributed by atoms with Gasteiger partial charge in [0.15, 0.2) is 11.6 Å². The van der Waals surface area contributed by atoms with Gasteiger partial charge in [-0.2, -0.15) is 0 Å². The average Bonchev–Trinajstić information content (AvgIpc) is 2.40. The first-order valence-corrected chi connectivity index (χ1v) is 6.66. The SMILES string of the molecule is COc1cccc(CC(N)c2cc(C)cc(C)c2)c1F. The summed E-state index contributed by atoms with van der Waals surface area (Å²) in [6.07, 6.45) is 0.450. The van der Waals surface area contributed by atoms with Crippen LogP contribution in [0.15, 0.2) is 36.4 Å². The number of methoxy groups -OCH3 is 1. The van der Waals surface area contributed by atoms with Gasteiger partial charge in [0.1, 0.15) is 0 Å². The van der Waals surface area contributed by atoms with Crippen LogP contribution < -0.4 is 10.5 Å². The highest BCUT2D eigenvalue weighted by atomic mass is 19.1. The van der Waals surface area contributed by atoms with Gasteiger partial charge in [0, 0.05) is 6.04 Å². The van der Waals surface area contributed by atoms with Gasteiger partial charge in [0.05, 0.1) is 7.11 Å². The summed E-state index contributed by atoms with van der Waals surface area (Å²) in [6.45, 7) is 4.07. The number of benzene rings is 2. The van der Waals surface area contributed by atoms with Crippen molar-refractivity contribution in [3.8, 4) is 5.75 Å². The summed E-state index contributed by atoms with van der Waals surface area (Å²) in [5, 5.41) is 0. The van der Waals surface area contributed by atoms with Crippen LogP contribution >= 0.6 is 0 Å². The highest BCUT2D eigenvalue weighted by Crippen LogP contribution is 2.25. The lowest BCUT2D eigenvalue weighted by Gasteiger charge is -2.15. The molecule has 0 saturated carbocycles. The average molecular weight is 273 g/mol. The fourth-order valence-corrected chi connectivity index (χ4v) is 2.45. The second-order valence-corrected chi connectivity index (χ2v) is 5.17. The molecule has 0 radical (unpaired) electrons. The molecule has 0 amide bonds. The maximum Gasteiger partial charge on any atom is 0.168 e. The second kappa shape index (κ2) is 6.06. The molecule has 1 atom stereocenters. The molecule has 0 aliphatic heterocycles. The standard InChI is InChI=1S/C17H20FNO/c1-11-7-12(2)9-14(8-11)15(19)10-13-5-4-6-16(20-3)17(13)18/h4-9,15H,10,19H2,1-3H3. The van der Waals surface area contributed by atoms with Crippen LogP contribution in [0.4, 0.5) is 4.39 Å². The van der Waals surface area contributed by atoms with Crippen LogP contribution in [0.25, 0.3) is 0 Å². The Labute approximate surface area is 119 Å². The molecule has 0 heterocycles. The summed E-state index contributed by atoms with van der Waals surface area (Å²) >= 11 is 0. The van der Waals surface area contributed by atoms with Crippen LogP contribution in [0, 0.1) is 19.7 Å². The van der Waals surface area contributed by atoms with Crippen molar-refractivity contribution in [3.05, 3.63) is 64.5 Å². The Balaban J connectivity index is 2.25. The smallest absolute Gasteiger partial charge is 0.168 e. The summed E-state index contributed by atoms with van der Waals surface area (Å²) in [5.41, 5.74) is 10.2. The molecular formula is C17H20FNO. The molecule has 2 aromatic carbocycles. The van der Waals surface area contributed by atoms with Crippen molar-refractivity contribution in [2.24, 2.45) is 5.73 Å². The molecule has 20 heavy (non-hydrogen) atoms. The van der Waals surface area contributed by atoms with Gasteiger partial charge >= 0.3 is 0 Å². The minimum absolute atomic E-state index is 0.227. The zero-order valence-corrected chi connectivity index (χ0v) is 12.1. The number of aryl methyl sites for hydroxylation is 2. The Morgan fingerprint density at radius 3 is 2.40 bits per heavy atom. The first-order valence-electron chi connectivity index (χ1n) is 6.66. The largest absolute Gasteiger partial charge is 0.494 e. The molecule has 2 N–H and O–H groups in total. The maximum absolute atomic E-state index is 14.1. The number of hydrogen-bond donors (Lipinski definition) is 1. The number of nitrogens with two attached hydrogens (primary N) is 1. The summed E-state index contributed by atoms with van der Waals surface area (Å²) < 4.78 is 19.1. The van der Waals surface area contributed by atoms with E-state index in [2.05, 4.69) is 18.2 Å². The Hall–Kier alpha value is -1.87. The van der Waals surface area contributed by atoms with E-state index >= 15 is 0 Å². The quantitative estimate of drug-likeness (QED) is 0.922. The van der Waals surface area contributed by atoms with E-state index in [0.717, 1.165) is 5.56 Å². The molecule has 0 spiro atoms. The van der Waals surface area contributed by atoms with E-state index in [4.69, 9.17) is 10.5 Å². The van der Waals surface area contributed by atoms with Gasteiger partial charge in [-0.1, -0.05) is 41.5 Å². The van der Waals surface area contributed by atoms with Crippen LogP contribution in [0.1, 0.15) is 28.3 Å². The zero-order chi connectivity index (χ0) is 14.7. The molecule has 3 heteroatoms. The predicted molar refractivity (Wildman–Crippen MR) is 79.5 cm³/mol. The van der Waals surface area contributed by atoms with Gasteiger partial charge in [0.2, 0.25) is 0 Å². The molecule has 2 aromatic rings. The van der Waals surface area contributed by atoms with Gasteiger partial charge in [-0.05, 0) is 37.5 Å². The fraction of sp³-hybridized carbons (Fsp3) is 0.294. The van der Waals surface area contributed by atoms with E-state index in [1.165, 1.54) is 18.2 Å². The van der Waals surface area contributed by atoms with Gasteiger partial charge in [-0.25, -0.2) is 4.39 Å². The van der Waals surface area contributed by atoms with Crippen molar-refractivity contribution in [1.29, 1.82) is 0 Å². The molecule has 2 nitrogen and oxygen atoms in total. The molecule has 1 unspecified atom stereocenters. The number of ether oxygens (including phenoxy) is 1. The van der Waals surface area contributed by atoms with Gasteiger partial charge in [0.25, 0.3) is 0 Å². The van der Waals surface area contributed by atoms with Crippen molar-refractivity contribution in [1.82, 2.24) is 0 Å². The Morgan fingerprint density at radius 2 is 1.80 bits per heavy atom. The lowest BCUT2D eigenvalue weighted by Crippen LogP contribution is -2.14. The zero-order valence-electron chi connectivity index (χ0n) is 12.1. The molecule has 0 aromatic heterocycles. The lowest BCUT2D eigenvalue weighted by atomic mass is 9.96. The lowest BCUT2D eigenvalue weighted by molar-refractivity contribution is 0.383. The first-order chi connectivity index (χ1) is 9.51. The van der Waals surface area contributed by atoms with Crippen LogP contribution in [-0.4, -0.2) is 7.11 Å². The molecule has 106 valence electrons. The van der Waals surface area contributed by atoms with Gasteiger partial charge in [-0.15, -0.1) is 0 Å². The highest BCUT2D eigenvalue weighted by Gasteiger charge is 2.13. The normalized spacial score (nSPS) is 12.2. The molecule has 0 fully saturated rings. The summed E-state index contributed by atoms with van der Waals surface area (Å²) in [5.74, 6) is -0.0649. The minimum atomic E-state index is -0.324. The van der Waals surface area contributed by atoms with Gasteiger partial charge < -0.3 is 10.5 Å². The van der Waals surface area contributed by atoms with Crippen LogP contribution in [-0.2, 0) is 6.42 Å².